The average Bonchev–Trinajstić information content (AvgIpc) is 2.99. The standard InChI is InChI=1S/C25H35NO5SSi/c1-9-15-30-24(28)21-22(32(29)18-13-11-10-12-14-18)16(2)20-19(23(27)26(20)21)17(3)31-33(7,8)25(4,5)6/h9-14,16-17,19-20H,1,15H2,2-8H3/t16-,17-,19-,20-,32?/m1/s1. The molecule has 2 heterocycles. The van der Waals surface area contributed by atoms with Gasteiger partial charge in [0.2, 0.25) is 5.91 Å². The number of carbonyl (C=O) groups is 2. The Morgan fingerprint density at radius 2 is 1.88 bits per heavy atom. The van der Waals surface area contributed by atoms with Crippen LogP contribution in [0.5, 0.6) is 0 Å². The predicted molar refractivity (Wildman–Crippen MR) is 132 cm³/mol. The van der Waals surface area contributed by atoms with Crippen molar-refractivity contribution in [2.45, 2.75) is 69.8 Å². The number of ether oxygens (including phenoxy) is 1. The van der Waals surface area contributed by atoms with Gasteiger partial charge < -0.3 is 14.1 Å². The number of nitrogens with zero attached hydrogens (tertiary/aromatic N) is 1. The Labute approximate surface area is 200 Å². The third-order valence-electron chi connectivity index (χ3n) is 7.06. The van der Waals surface area contributed by atoms with E-state index in [9.17, 15) is 13.8 Å². The monoisotopic (exact) mass is 489 g/mol. The lowest BCUT2D eigenvalue weighted by molar-refractivity contribution is -0.163. The Kier molecular flexibility index (Phi) is 7.22. The van der Waals surface area contributed by atoms with E-state index in [1.165, 1.54) is 11.0 Å². The van der Waals surface area contributed by atoms with Crippen LogP contribution in [0.3, 0.4) is 0 Å². The van der Waals surface area contributed by atoms with Gasteiger partial charge in [-0.1, -0.05) is 58.5 Å². The van der Waals surface area contributed by atoms with Crippen molar-refractivity contribution < 1.29 is 23.0 Å². The van der Waals surface area contributed by atoms with Crippen molar-refractivity contribution in [3.8, 4) is 0 Å². The van der Waals surface area contributed by atoms with E-state index in [0.29, 0.717) is 9.80 Å². The molecule has 0 aromatic heterocycles. The fourth-order valence-electron chi connectivity index (χ4n) is 4.34. The fraction of sp³-hybridized carbons (Fsp3) is 0.520. The van der Waals surface area contributed by atoms with Crippen LogP contribution in [0.15, 0.2) is 58.5 Å². The third kappa shape index (κ3) is 4.53. The molecule has 0 aliphatic carbocycles. The molecular weight excluding hydrogens is 454 g/mol. The summed E-state index contributed by atoms with van der Waals surface area (Å²) in [5, 5.41) is 0.00685. The Bertz CT molecular complexity index is 998. The van der Waals surface area contributed by atoms with Gasteiger partial charge in [0.05, 0.1) is 33.8 Å². The first-order valence-electron chi connectivity index (χ1n) is 11.3. The molecule has 1 aromatic rings. The highest BCUT2D eigenvalue weighted by Gasteiger charge is 2.62. The van der Waals surface area contributed by atoms with Gasteiger partial charge in [0.15, 0.2) is 8.32 Å². The number of benzene rings is 1. The van der Waals surface area contributed by atoms with Gasteiger partial charge in [-0.25, -0.2) is 9.00 Å². The van der Waals surface area contributed by atoms with Crippen LogP contribution in [-0.2, 0) is 29.6 Å². The number of rotatable bonds is 8. The van der Waals surface area contributed by atoms with Crippen molar-refractivity contribution >= 4 is 31.0 Å². The van der Waals surface area contributed by atoms with Crippen molar-refractivity contribution in [1.82, 2.24) is 4.90 Å². The van der Waals surface area contributed by atoms with E-state index >= 15 is 0 Å². The number of hydrogen-bond acceptors (Lipinski definition) is 5. The van der Waals surface area contributed by atoms with E-state index in [0.717, 1.165) is 0 Å². The SMILES string of the molecule is C=CCOC(=O)C1=C(S(=O)c2ccccc2)[C@H](C)[C@@H]2[C@@H]([C@@H](C)O[Si](C)(C)C(C)(C)C)C(=O)N12. The highest BCUT2D eigenvalue weighted by molar-refractivity contribution is 7.89. The zero-order chi connectivity index (χ0) is 24.7. The van der Waals surface area contributed by atoms with Gasteiger partial charge in [0, 0.05) is 10.8 Å². The molecule has 2 aliphatic heterocycles. The maximum absolute atomic E-state index is 13.6. The molecule has 1 unspecified atom stereocenters. The lowest BCUT2D eigenvalue weighted by atomic mass is 9.79. The van der Waals surface area contributed by atoms with Crippen LogP contribution in [0.4, 0.5) is 0 Å². The van der Waals surface area contributed by atoms with Gasteiger partial charge in [-0.2, -0.15) is 0 Å². The molecule has 0 spiro atoms. The fourth-order valence-corrected chi connectivity index (χ4v) is 7.26. The molecule has 1 amide bonds. The van der Waals surface area contributed by atoms with E-state index in [1.54, 1.807) is 24.3 Å². The highest BCUT2D eigenvalue weighted by atomic mass is 32.2. The minimum atomic E-state index is -2.10. The molecule has 6 nitrogen and oxygen atoms in total. The summed E-state index contributed by atoms with van der Waals surface area (Å²) in [4.78, 5) is 28.9. The number of amides is 1. The minimum Gasteiger partial charge on any atom is -0.457 e. The molecule has 1 saturated heterocycles. The van der Waals surface area contributed by atoms with Crippen molar-refractivity contribution in [2.24, 2.45) is 11.8 Å². The summed E-state index contributed by atoms with van der Waals surface area (Å²) in [7, 11) is -3.70. The zero-order valence-corrected chi connectivity index (χ0v) is 22.4. The molecule has 0 saturated carbocycles. The van der Waals surface area contributed by atoms with Crippen LogP contribution in [0, 0.1) is 11.8 Å². The Balaban J connectivity index is 1.96. The molecule has 180 valence electrons. The molecule has 5 atom stereocenters. The molecule has 2 aliphatic rings. The predicted octanol–water partition coefficient (Wildman–Crippen LogP) is 4.62. The summed E-state index contributed by atoms with van der Waals surface area (Å²) >= 11 is 0. The summed E-state index contributed by atoms with van der Waals surface area (Å²) in [6, 6.07) is 8.70. The normalized spacial score (nSPS) is 24.8. The maximum Gasteiger partial charge on any atom is 0.356 e. The largest absolute Gasteiger partial charge is 0.457 e. The van der Waals surface area contributed by atoms with Crippen LogP contribution < -0.4 is 0 Å². The van der Waals surface area contributed by atoms with Crippen molar-refractivity contribution in [1.29, 1.82) is 0 Å². The topological polar surface area (TPSA) is 72.9 Å². The second kappa shape index (κ2) is 9.31. The number of carbonyl (C=O) groups excluding carboxylic acids is 2. The van der Waals surface area contributed by atoms with Gasteiger partial charge in [-0.3, -0.25) is 4.79 Å². The summed E-state index contributed by atoms with van der Waals surface area (Å²) in [6.07, 6.45) is 1.16. The minimum absolute atomic E-state index is 0.00685. The molecule has 3 rings (SSSR count). The Morgan fingerprint density at radius 1 is 1.27 bits per heavy atom. The molecule has 8 heteroatoms. The molecular formula is C25H35NO5SSi. The number of hydrogen-bond donors (Lipinski definition) is 0. The van der Waals surface area contributed by atoms with E-state index < -0.39 is 31.0 Å². The second-order valence-corrected chi connectivity index (χ2v) is 16.5. The number of fused-ring (bicyclic) bond motifs is 1. The van der Waals surface area contributed by atoms with Crippen LogP contribution >= 0.6 is 0 Å². The van der Waals surface area contributed by atoms with E-state index in [2.05, 4.69) is 40.4 Å². The van der Waals surface area contributed by atoms with E-state index in [-0.39, 0.29) is 41.3 Å². The van der Waals surface area contributed by atoms with Crippen molar-refractivity contribution in [3.05, 3.63) is 53.6 Å². The molecule has 0 radical (unpaired) electrons. The van der Waals surface area contributed by atoms with E-state index in [4.69, 9.17) is 9.16 Å². The number of β-lactam (4-membered cyclic amide) rings is 1. The quantitative estimate of drug-likeness (QED) is 0.231. The first-order chi connectivity index (χ1) is 15.3. The lowest BCUT2D eigenvalue weighted by Crippen LogP contribution is -2.65. The summed E-state index contributed by atoms with van der Waals surface area (Å²) < 4.78 is 25.4. The van der Waals surface area contributed by atoms with Gasteiger partial charge >= 0.3 is 5.97 Å². The van der Waals surface area contributed by atoms with Crippen LogP contribution in [0.1, 0.15) is 34.6 Å². The van der Waals surface area contributed by atoms with Crippen molar-refractivity contribution in [2.75, 3.05) is 6.61 Å². The smallest absolute Gasteiger partial charge is 0.356 e. The van der Waals surface area contributed by atoms with Gasteiger partial charge in [-0.15, -0.1) is 0 Å². The molecule has 33 heavy (non-hydrogen) atoms. The first kappa shape index (κ1) is 25.6. The van der Waals surface area contributed by atoms with Gasteiger partial charge in [-0.05, 0) is 37.2 Å². The summed E-state index contributed by atoms with van der Waals surface area (Å²) in [5.41, 5.74) is 0.109. The van der Waals surface area contributed by atoms with Crippen molar-refractivity contribution in [3.63, 3.8) is 0 Å². The molecule has 1 aromatic carbocycles. The van der Waals surface area contributed by atoms with E-state index in [1.807, 2.05) is 19.9 Å². The van der Waals surface area contributed by atoms with Crippen LogP contribution in [0.2, 0.25) is 18.1 Å². The third-order valence-corrected chi connectivity index (χ3v) is 13.3. The molecule has 1 fully saturated rings. The Hall–Kier alpha value is -2.03. The molecule has 0 N–H and O–H groups in total. The average molecular weight is 490 g/mol. The first-order valence-corrected chi connectivity index (χ1v) is 15.4. The van der Waals surface area contributed by atoms with Gasteiger partial charge in [0.1, 0.15) is 12.3 Å². The zero-order valence-electron chi connectivity index (χ0n) is 20.6. The summed E-state index contributed by atoms with van der Waals surface area (Å²) in [6.45, 7) is 18.3. The summed E-state index contributed by atoms with van der Waals surface area (Å²) in [5.74, 6) is -1.50. The highest BCUT2D eigenvalue weighted by Crippen LogP contribution is 2.50. The second-order valence-electron chi connectivity index (χ2n) is 10.3. The molecule has 0 bridgehead atoms. The number of esters is 1. The maximum atomic E-state index is 13.6. The lowest BCUT2D eigenvalue weighted by Gasteiger charge is -2.50. The Morgan fingerprint density at radius 3 is 2.42 bits per heavy atom. The van der Waals surface area contributed by atoms with Gasteiger partial charge in [0.25, 0.3) is 0 Å². The van der Waals surface area contributed by atoms with Crippen LogP contribution in [-0.4, -0.2) is 48.1 Å². The van der Waals surface area contributed by atoms with Crippen LogP contribution in [0.25, 0.3) is 0 Å².